The Bertz CT molecular complexity index is 425. The van der Waals surface area contributed by atoms with Crippen LogP contribution in [-0.4, -0.2) is 58.8 Å². The van der Waals surface area contributed by atoms with Crippen LogP contribution in [0, 0.1) is 22.0 Å². The van der Waals surface area contributed by atoms with Gasteiger partial charge in [-0.05, 0) is 0 Å². The predicted octanol–water partition coefficient (Wildman–Crippen LogP) is -0.847. The van der Waals surface area contributed by atoms with Gasteiger partial charge in [-0.3, -0.25) is 9.59 Å². The number of hydrogen-bond acceptors (Lipinski definition) is 7. The Hall–Kier alpha value is -1.94. The molecule has 0 amide bonds. The Labute approximate surface area is 112 Å². The quantitative estimate of drug-likeness (QED) is 0.472. The average Bonchev–Trinajstić information content (AvgIpc) is 2.88. The van der Waals surface area contributed by atoms with Crippen molar-refractivity contribution in [2.24, 2.45) is 11.8 Å². The molecule has 0 aromatic heterocycles. The highest BCUT2D eigenvalue weighted by atomic mass is 17.0. The zero-order valence-corrected chi connectivity index (χ0v) is 10.2. The Kier molecular flexibility index (Phi) is 4.04. The first kappa shape index (κ1) is 14.5. The zero-order chi connectivity index (χ0) is 14.9. The van der Waals surface area contributed by atoms with E-state index in [1.165, 1.54) is 0 Å². The summed E-state index contributed by atoms with van der Waals surface area (Å²) in [5.74, 6) is -4.34. The molecule has 2 rings (SSSR count). The number of fused-ring (bicyclic) bond motifs is 1. The van der Waals surface area contributed by atoms with Crippen molar-refractivity contribution >= 4 is 11.9 Å². The normalized spacial score (nSPS) is 33.4. The first-order chi connectivity index (χ1) is 9.40. The standard InChI is InChI=1S/C10H13NO9/c12-7(13)1-4(10(14)15)5-2-18-9-6(20-11(16)17)3-19-8(5)9/h4-6,8-9H,1-3H2,(H,12,13)(H,14,15)/t4?,5?,6-,8-,9-/m1/s1. The van der Waals surface area contributed by atoms with Gasteiger partial charge in [0.05, 0.1) is 31.7 Å². The summed E-state index contributed by atoms with van der Waals surface area (Å²) < 4.78 is 10.6. The van der Waals surface area contributed by atoms with E-state index < -0.39 is 53.6 Å². The lowest BCUT2D eigenvalue weighted by atomic mass is 9.85. The molecule has 2 aliphatic heterocycles. The number of carboxylic acid groups (broad SMARTS) is 2. The average molecular weight is 291 g/mol. The van der Waals surface area contributed by atoms with Gasteiger partial charge in [0.15, 0.2) is 6.10 Å². The summed E-state index contributed by atoms with van der Waals surface area (Å²) in [4.78, 5) is 36.6. The van der Waals surface area contributed by atoms with E-state index in [1.807, 2.05) is 0 Å². The molecular formula is C10H13NO9. The van der Waals surface area contributed by atoms with E-state index in [0.717, 1.165) is 0 Å². The summed E-state index contributed by atoms with van der Waals surface area (Å²) in [6, 6.07) is 0. The molecule has 10 nitrogen and oxygen atoms in total. The fraction of sp³-hybridized carbons (Fsp3) is 0.800. The van der Waals surface area contributed by atoms with Crippen LogP contribution >= 0.6 is 0 Å². The van der Waals surface area contributed by atoms with Crippen molar-refractivity contribution in [3.8, 4) is 0 Å². The number of carboxylic acids is 2. The van der Waals surface area contributed by atoms with Crippen molar-refractivity contribution in [2.75, 3.05) is 13.2 Å². The van der Waals surface area contributed by atoms with Crippen LogP contribution in [0.2, 0.25) is 0 Å². The van der Waals surface area contributed by atoms with Crippen molar-refractivity contribution in [1.29, 1.82) is 0 Å². The second kappa shape index (κ2) is 5.59. The number of ether oxygens (including phenoxy) is 2. The van der Waals surface area contributed by atoms with Crippen LogP contribution in [0.25, 0.3) is 0 Å². The fourth-order valence-electron chi connectivity index (χ4n) is 2.65. The summed E-state index contributed by atoms with van der Waals surface area (Å²) >= 11 is 0. The predicted molar refractivity (Wildman–Crippen MR) is 58.2 cm³/mol. The second-order valence-electron chi connectivity index (χ2n) is 4.67. The SMILES string of the molecule is O=C(O)CC(C(=O)O)C1CO[C@H]2[C@@H]1OC[C@H]2O[N+](=O)[O-]. The van der Waals surface area contributed by atoms with Crippen LogP contribution < -0.4 is 0 Å². The number of nitrogens with zero attached hydrogens (tertiary/aromatic N) is 1. The van der Waals surface area contributed by atoms with E-state index >= 15 is 0 Å². The topological polar surface area (TPSA) is 145 Å². The Morgan fingerprint density at radius 2 is 1.95 bits per heavy atom. The van der Waals surface area contributed by atoms with Gasteiger partial charge in [-0.25, -0.2) is 0 Å². The molecular weight excluding hydrogens is 278 g/mol. The lowest BCUT2D eigenvalue weighted by molar-refractivity contribution is -0.769. The van der Waals surface area contributed by atoms with Crippen LogP contribution in [0.5, 0.6) is 0 Å². The van der Waals surface area contributed by atoms with Crippen LogP contribution in [0.4, 0.5) is 0 Å². The minimum atomic E-state index is -1.26. The molecule has 112 valence electrons. The molecule has 2 unspecified atom stereocenters. The molecule has 0 bridgehead atoms. The highest BCUT2D eigenvalue weighted by molar-refractivity contribution is 5.78. The molecule has 0 spiro atoms. The lowest BCUT2D eigenvalue weighted by Gasteiger charge is -2.21. The lowest BCUT2D eigenvalue weighted by Crippen LogP contribution is -2.37. The van der Waals surface area contributed by atoms with Crippen molar-refractivity contribution in [3.63, 3.8) is 0 Å². The number of rotatable bonds is 6. The maximum atomic E-state index is 11.2. The smallest absolute Gasteiger partial charge is 0.307 e. The van der Waals surface area contributed by atoms with E-state index in [2.05, 4.69) is 4.84 Å². The molecule has 0 radical (unpaired) electrons. The molecule has 20 heavy (non-hydrogen) atoms. The number of aliphatic carboxylic acids is 2. The molecule has 10 heteroatoms. The highest BCUT2D eigenvalue weighted by Crippen LogP contribution is 2.37. The van der Waals surface area contributed by atoms with Crippen LogP contribution in [0.15, 0.2) is 0 Å². The molecule has 0 aromatic carbocycles. The molecule has 0 saturated carbocycles. The van der Waals surface area contributed by atoms with Gasteiger partial charge in [0, 0.05) is 5.92 Å². The maximum absolute atomic E-state index is 11.2. The summed E-state index contributed by atoms with van der Waals surface area (Å²) in [7, 11) is 0. The highest BCUT2D eigenvalue weighted by Gasteiger charge is 2.53. The van der Waals surface area contributed by atoms with Gasteiger partial charge < -0.3 is 24.5 Å². The Morgan fingerprint density at radius 3 is 2.50 bits per heavy atom. The molecule has 2 fully saturated rings. The van der Waals surface area contributed by atoms with E-state index in [9.17, 15) is 19.7 Å². The minimum absolute atomic E-state index is 0.0306. The van der Waals surface area contributed by atoms with Crippen molar-refractivity contribution in [3.05, 3.63) is 10.1 Å². The molecule has 5 atom stereocenters. The van der Waals surface area contributed by atoms with E-state index in [0.29, 0.717) is 0 Å². The third kappa shape index (κ3) is 2.80. The molecule has 0 aromatic rings. The van der Waals surface area contributed by atoms with Crippen LogP contribution in [0.3, 0.4) is 0 Å². The monoisotopic (exact) mass is 291 g/mol. The van der Waals surface area contributed by atoms with Gasteiger partial charge >= 0.3 is 11.9 Å². The van der Waals surface area contributed by atoms with E-state index in [-0.39, 0.29) is 13.2 Å². The second-order valence-corrected chi connectivity index (χ2v) is 4.67. The van der Waals surface area contributed by atoms with Crippen LogP contribution in [-0.2, 0) is 23.9 Å². The van der Waals surface area contributed by atoms with E-state index in [1.54, 1.807) is 0 Å². The molecule has 2 heterocycles. The molecule has 2 N–H and O–H groups in total. The van der Waals surface area contributed by atoms with Gasteiger partial charge in [0.2, 0.25) is 0 Å². The minimum Gasteiger partial charge on any atom is -0.481 e. The summed E-state index contributed by atoms with van der Waals surface area (Å²) in [5.41, 5.74) is 0. The fourth-order valence-corrected chi connectivity index (χ4v) is 2.65. The summed E-state index contributed by atoms with van der Waals surface area (Å²) in [6.45, 7) is -0.122. The Balaban J connectivity index is 2.07. The molecule has 2 saturated heterocycles. The third-order valence-corrected chi connectivity index (χ3v) is 3.50. The largest absolute Gasteiger partial charge is 0.481 e. The van der Waals surface area contributed by atoms with Crippen molar-refractivity contribution < 1.29 is 39.2 Å². The maximum Gasteiger partial charge on any atom is 0.307 e. The Morgan fingerprint density at radius 1 is 1.30 bits per heavy atom. The van der Waals surface area contributed by atoms with Gasteiger partial charge in [-0.15, -0.1) is 10.1 Å². The third-order valence-electron chi connectivity index (χ3n) is 3.50. The molecule has 0 aliphatic carbocycles. The van der Waals surface area contributed by atoms with Crippen molar-refractivity contribution in [1.82, 2.24) is 0 Å². The first-order valence-corrected chi connectivity index (χ1v) is 5.89. The summed E-state index contributed by atoms with van der Waals surface area (Å²) in [6.07, 6.45) is -2.93. The van der Waals surface area contributed by atoms with Gasteiger partial charge in [-0.1, -0.05) is 0 Å². The first-order valence-electron chi connectivity index (χ1n) is 5.89. The van der Waals surface area contributed by atoms with Crippen molar-refractivity contribution in [2.45, 2.75) is 24.7 Å². The van der Waals surface area contributed by atoms with E-state index in [4.69, 9.17) is 19.7 Å². The number of hydrogen-bond donors (Lipinski definition) is 2. The zero-order valence-electron chi connectivity index (χ0n) is 10.2. The van der Waals surface area contributed by atoms with Gasteiger partial charge in [0.1, 0.15) is 6.10 Å². The van der Waals surface area contributed by atoms with Gasteiger partial charge in [-0.2, -0.15) is 0 Å². The number of carbonyl (C=O) groups is 2. The van der Waals surface area contributed by atoms with Crippen LogP contribution in [0.1, 0.15) is 6.42 Å². The van der Waals surface area contributed by atoms with Gasteiger partial charge in [0.25, 0.3) is 5.09 Å². The summed E-state index contributed by atoms with van der Waals surface area (Å²) in [5, 5.41) is 27.2. The molecule has 2 aliphatic rings.